The number of aryl methyl sites for hydroxylation is 4. The second-order valence-electron chi connectivity index (χ2n) is 11.5. The maximum atomic E-state index is 13.2. The molecule has 0 atom stereocenters. The van der Waals surface area contributed by atoms with Gasteiger partial charge in [-0.05, 0) is 48.9 Å². The van der Waals surface area contributed by atoms with Crippen molar-refractivity contribution < 1.29 is 19.2 Å². The van der Waals surface area contributed by atoms with Crippen molar-refractivity contribution in [1.82, 2.24) is 24.3 Å². The Bertz CT molecular complexity index is 1890. The molecule has 15 nitrogen and oxygen atoms in total. The Morgan fingerprint density at radius 1 is 0.700 bits per heavy atom. The Hall–Kier alpha value is -5.41. The van der Waals surface area contributed by atoms with E-state index < -0.39 is 11.8 Å². The topological polar surface area (TPSA) is 196 Å². The van der Waals surface area contributed by atoms with Crippen LogP contribution >= 0.6 is 23.2 Å². The first-order valence-corrected chi connectivity index (χ1v) is 16.6. The quantitative estimate of drug-likeness (QED) is 0.0423. The van der Waals surface area contributed by atoms with Gasteiger partial charge in [0.1, 0.15) is 17.1 Å². The molecule has 0 fully saturated rings. The summed E-state index contributed by atoms with van der Waals surface area (Å²) in [4.78, 5) is 54.1. The number of hydrogen-bond acceptors (Lipinski definition) is 6. The molecule has 0 aliphatic rings. The third-order valence-corrected chi connectivity index (χ3v) is 8.06. The lowest BCUT2D eigenvalue weighted by atomic mass is 10.1. The summed E-state index contributed by atoms with van der Waals surface area (Å²) in [5.74, 6) is -0.869. The zero-order chi connectivity index (χ0) is 36.5. The van der Waals surface area contributed by atoms with Crippen LogP contribution in [0.5, 0.6) is 0 Å². The summed E-state index contributed by atoms with van der Waals surface area (Å²) < 4.78 is 4.74. The number of nitrogens with two attached hydrogens (primary N) is 1. The molecule has 0 radical (unpaired) electrons. The summed E-state index contributed by atoms with van der Waals surface area (Å²) in [6.07, 6.45) is 4.84. The van der Waals surface area contributed by atoms with Crippen molar-refractivity contribution in [3.05, 3.63) is 83.2 Å². The van der Waals surface area contributed by atoms with Crippen LogP contribution in [0.25, 0.3) is 0 Å². The van der Waals surface area contributed by atoms with Gasteiger partial charge in [0.15, 0.2) is 5.96 Å². The van der Waals surface area contributed by atoms with E-state index in [1.165, 1.54) is 6.07 Å². The third kappa shape index (κ3) is 9.39. The molecule has 0 unspecified atom stereocenters. The van der Waals surface area contributed by atoms with E-state index >= 15 is 0 Å². The number of carbonyl (C=O) groups excluding carboxylic acids is 4. The number of halogens is 2. The van der Waals surface area contributed by atoms with Crippen molar-refractivity contribution in [1.29, 1.82) is 5.41 Å². The number of guanidine groups is 1. The minimum absolute atomic E-state index is 0.190. The van der Waals surface area contributed by atoms with Crippen LogP contribution in [0.1, 0.15) is 47.4 Å². The molecular weight excluding hydrogens is 685 g/mol. The summed E-state index contributed by atoms with van der Waals surface area (Å²) in [5, 5.41) is 20.9. The smallest absolute Gasteiger partial charge is 0.272 e. The van der Waals surface area contributed by atoms with E-state index in [0.717, 1.165) is 11.3 Å². The van der Waals surface area contributed by atoms with Crippen molar-refractivity contribution in [3.8, 4) is 0 Å². The first kappa shape index (κ1) is 37.4. The summed E-state index contributed by atoms with van der Waals surface area (Å²) in [6.45, 7) is 3.73. The molecule has 50 heavy (non-hydrogen) atoms. The molecule has 0 saturated carbocycles. The number of aromatic nitrogens is 3. The number of nitrogens with one attached hydrogen (secondary N) is 6. The molecule has 17 heteroatoms. The summed E-state index contributed by atoms with van der Waals surface area (Å²) in [7, 11) is 5.03. The monoisotopic (exact) mass is 725 g/mol. The van der Waals surface area contributed by atoms with Gasteiger partial charge in [0.25, 0.3) is 23.6 Å². The van der Waals surface area contributed by atoms with Crippen molar-refractivity contribution in [3.63, 3.8) is 0 Å². The maximum absolute atomic E-state index is 13.2. The number of carbonyl (C=O) groups is 4. The normalized spacial score (nSPS) is 10.8. The van der Waals surface area contributed by atoms with Crippen LogP contribution in [0.3, 0.4) is 0 Å². The summed E-state index contributed by atoms with van der Waals surface area (Å²) >= 11 is 11.9. The van der Waals surface area contributed by atoms with Crippen molar-refractivity contribution in [2.45, 2.75) is 6.92 Å². The highest BCUT2D eigenvalue weighted by atomic mass is 35.5. The van der Waals surface area contributed by atoms with Crippen LogP contribution in [0.4, 0.5) is 22.7 Å². The average Bonchev–Trinajstić information content (AvgIpc) is 3.73. The number of rotatable bonds is 15. The highest BCUT2D eigenvalue weighted by Crippen LogP contribution is 2.24. The lowest BCUT2D eigenvalue weighted by molar-refractivity contribution is 0.0944. The molecule has 4 rings (SSSR count). The Labute approximate surface area is 299 Å². The van der Waals surface area contributed by atoms with Crippen LogP contribution in [0.15, 0.2) is 55.0 Å². The minimum Gasteiger partial charge on any atom is -0.370 e. The number of nitrogens with zero attached hydrogens (tertiary/aromatic N) is 4. The molecule has 4 amide bonds. The van der Waals surface area contributed by atoms with E-state index in [4.69, 9.17) is 34.3 Å². The molecule has 266 valence electrons. The highest BCUT2D eigenvalue weighted by Gasteiger charge is 2.19. The van der Waals surface area contributed by atoms with Crippen LogP contribution in [-0.2, 0) is 21.1 Å². The molecule has 1 aromatic carbocycles. The van der Waals surface area contributed by atoms with Gasteiger partial charge in [-0.1, -0.05) is 0 Å². The van der Waals surface area contributed by atoms with Gasteiger partial charge in [-0.2, -0.15) is 0 Å². The first-order valence-electron chi connectivity index (χ1n) is 15.6. The third-order valence-electron chi connectivity index (χ3n) is 7.72. The molecule has 0 aliphatic carbocycles. The number of benzene rings is 1. The SMILES string of the molecule is Cc1cc(C(=O)Nc2cc(C(=O)Nc3cc(C(=O)Nc4cc(C(=O)NCCNC(=N)N)n(C)c4)n(C)c3)n(C)c2)ccc1N(CCCl)CCCl. The number of amides is 4. The predicted octanol–water partition coefficient (Wildman–Crippen LogP) is 3.26. The van der Waals surface area contributed by atoms with E-state index in [9.17, 15) is 19.2 Å². The first-order chi connectivity index (χ1) is 23.8. The highest BCUT2D eigenvalue weighted by molar-refractivity contribution is 6.18. The van der Waals surface area contributed by atoms with Crippen LogP contribution in [0.2, 0.25) is 0 Å². The van der Waals surface area contributed by atoms with Crippen LogP contribution in [-0.4, -0.2) is 81.2 Å². The van der Waals surface area contributed by atoms with Gasteiger partial charge in [0.2, 0.25) is 0 Å². The zero-order valence-electron chi connectivity index (χ0n) is 28.2. The number of hydrogen-bond donors (Lipinski definition) is 7. The van der Waals surface area contributed by atoms with E-state index in [-0.39, 0.29) is 35.7 Å². The van der Waals surface area contributed by atoms with Crippen molar-refractivity contribution in [2.24, 2.45) is 26.9 Å². The van der Waals surface area contributed by atoms with E-state index in [1.807, 2.05) is 13.0 Å². The van der Waals surface area contributed by atoms with E-state index in [2.05, 4.69) is 31.5 Å². The van der Waals surface area contributed by atoms with Crippen molar-refractivity contribution in [2.75, 3.05) is 58.8 Å². The molecule has 0 bridgehead atoms. The fraction of sp³-hybridized carbons (Fsp3) is 0.303. The Kier molecular flexibility index (Phi) is 12.6. The molecule has 4 aromatic rings. The van der Waals surface area contributed by atoms with Gasteiger partial charge < -0.3 is 50.9 Å². The Morgan fingerprint density at radius 2 is 1.14 bits per heavy atom. The van der Waals surface area contributed by atoms with Gasteiger partial charge in [0.05, 0.1) is 17.1 Å². The Morgan fingerprint density at radius 3 is 1.58 bits per heavy atom. The fourth-order valence-corrected chi connectivity index (χ4v) is 5.75. The molecule has 3 heterocycles. The molecule has 3 aromatic heterocycles. The number of alkyl halides is 2. The largest absolute Gasteiger partial charge is 0.370 e. The molecule has 8 N–H and O–H groups in total. The second-order valence-corrected chi connectivity index (χ2v) is 12.3. The fourth-order valence-electron chi connectivity index (χ4n) is 5.34. The molecule has 0 saturated heterocycles. The van der Waals surface area contributed by atoms with Crippen molar-refractivity contribution >= 4 is 75.5 Å². The molecule has 0 aliphatic heterocycles. The standard InChI is InChI=1S/C33H41Cl2N11O4/c1-20-13-21(5-6-25(20)46(11-7-34)12-8-35)29(47)40-22-15-27(44(3)17-22)31(49)42-24-16-28(45(4)19-24)32(50)41-23-14-26(43(2)18-23)30(48)38-9-10-39-33(36)37/h5-6,13-19H,7-12H2,1-4H3,(H,38,48)(H,40,47)(H,41,50)(H,42,49)(H4,36,37,39). The lowest BCUT2D eigenvalue weighted by Crippen LogP contribution is -2.38. The van der Waals surface area contributed by atoms with Crippen LogP contribution < -0.4 is 37.2 Å². The van der Waals surface area contributed by atoms with E-state index in [0.29, 0.717) is 59.7 Å². The zero-order valence-corrected chi connectivity index (χ0v) is 29.7. The van der Waals surface area contributed by atoms with Gasteiger partial charge in [-0.15, -0.1) is 23.2 Å². The predicted molar refractivity (Wildman–Crippen MR) is 197 cm³/mol. The van der Waals surface area contributed by atoms with Gasteiger partial charge in [-0.3, -0.25) is 24.6 Å². The Balaban J connectivity index is 1.37. The van der Waals surface area contributed by atoms with E-state index in [1.54, 1.807) is 77.7 Å². The molecule has 0 spiro atoms. The summed E-state index contributed by atoms with van der Waals surface area (Å²) in [5.41, 5.74) is 9.65. The average molecular weight is 727 g/mol. The van der Waals surface area contributed by atoms with Gasteiger partial charge >= 0.3 is 0 Å². The van der Waals surface area contributed by atoms with Crippen LogP contribution in [0, 0.1) is 12.3 Å². The minimum atomic E-state index is -0.450. The second kappa shape index (κ2) is 16.8. The molecular formula is C33H41Cl2N11O4. The van der Waals surface area contributed by atoms with Gasteiger partial charge in [-0.25, -0.2) is 0 Å². The lowest BCUT2D eigenvalue weighted by Gasteiger charge is -2.25. The number of anilines is 4. The van der Waals surface area contributed by atoms with Gasteiger partial charge in [0, 0.05) is 88.9 Å². The maximum Gasteiger partial charge on any atom is 0.272 e. The summed E-state index contributed by atoms with van der Waals surface area (Å²) in [6, 6.07) is 10.0.